The number of carbonyl (C=O) groups is 1. The van der Waals surface area contributed by atoms with Gasteiger partial charge in [0.2, 0.25) is 0 Å². The van der Waals surface area contributed by atoms with Gasteiger partial charge in [0.1, 0.15) is 5.82 Å². The molecular formula is C23H37FN4O2. The minimum Gasteiger partial charge on any atom is -0.372 e. The zero-order chi connectivity index (χ0) is 21.7. The van der Waals surface area contributed by atoms with Crippen molar-refractivity contribution in [3.8, 4) is 0 Å². The molecule has 2 heterocycles. The van der Waals surface area contributed by atoms with Gasteiger partial charge in [0.15, 0.2) is 0 Å². The van der Waals surface area contributed by atoms with E-state index in [0.717, 1.165) is 24.6 Å². The lowest BCUT2D eigenvalue weighted by molar-refractivity contribution is -0.00539. The third kappa shape index (κ3) is 6.32. The van der Waals surface area contributed by atoms with Crippen LogP contribution < -0.4 is 15.5 Å². The summed E-state index contributed by atoms with van der Waals surface area (Å²) < 4.78 is 20.4. The molecule has 2 N–H and O–H groups in total. The summed E-state index contributed by atoms with van der Waals surface area (Å²) in [6.07, 6.45) is 2.67. The van der Waals surface area contributed by atoms with Crippen molar-refractivity contribution in [2.45, 2.75) is 65.3 Å². The summed E-state index contributed by atoms with van der Waals surface area (Å²) >= 11 is 0. The molecule has 2 amide bonds. The average molecular weight is 421 g/mol. The van der Waals surface area contributed by atoms with Gasteiger partial charge in [-0.1, -0.05) is 13.0 Å². The summed E-state index contributed by atoms with van der Waals surface area (Å²) in [5.74, 6) is 0.459. The molecule has 4 atom stereocenters. The number of hydrogen-bond donors (Lipinski definition) is 2. The molecule has 0 aromatic heterocycles. The number of urea groups is 1. The Hall–Kier alpha value is -1.86. The fraction of sp³-hybridized carbons (Fsp3) is 0.696. The van der Waals surface area contributed by atoms with Gasteiger partial charge in [-0.15, -0.1) is 0 Å². The molecule has 7 heteroatoms. The Balaban J connectivity index is 1.45. The predicted molar refractivity (Wildman–Crippen MR) is 118 cm³/mol. The number of ether oxygens (including phenoxy) is 1. The van der Waals surface area contributed by atoms with Crippen molar-refractivity contribution in [1.82, 2.24) is 15.5 Å². The number of anilines is 1. The van der Waals surface area contributed by atoms with Crippen molar-refractivity contribution in [1.29, 1.82) is 0 Å². The molecule has 2 aliphatic heterocycles. The third-order valence-corrected chi connectivity index (χ3v) is 6.10. The van der Waals surface area contributed by atoms with Crippen LogP contribution in [0, 0.1) is 11.7 Å². The maximum absolute atomic E-state index is 14.7. The monoisotopic (exact) mass is 420 g/mol. The third-order valence-electron chi connectivity index (χ3n) is 6.10. The van der Waals surface area contributed by atoms with Crippen molar-refractivity contribution < 1.29 is 13.9 Å². The number of benzene rings is 1. The first kappa shape index (κ1) is 22.8. The second-order valence-corrected chi connectivity index (χ2v) is 9.10. The van der Waals surface area contributed by atoms with Crippen molar-refractivity contribution in [2.75, 3.05) is 37.6 Å². The predicted octanol–water partition coefficient (Wildman–Crippen LogP) is 3.36. The second-order valence-electron chi connectivity index (χ2n) is 9.10. The lowest BCUT2D eigenvalue weighted by Crippen LogP contribution is -2.48. The van der Waals surface area contributed by atoms with E-state index in [1.807, 2.05) is 24.8 Å². The summed E-state index contributed by atoms with van der Waals surface area (Å²) in [6.45, 7) is 12.9. The van der Waals surface area contributed by atoms with Crippen LogP contribution in [0.25, 0.3) is 0 Å². The van der Waals surface area contributed by atoms with E-state index in [9.17, 15) is 9.18 Å². The normalized spacial score (nSPS) is 26.3. The van der Waals surface area contributed by atoms with E-state index in [2.05, 4.69) is 29.4 Å². The number of carbonyl (C=O) groups excluding carboxylic acids is 1. The minimum absolute atomic E-state index is 0.0775. The molecule has 0 radical (unpaired) electrons. The Kier molecular flexibility index (Phi) is 7.94. The number of hydrogen-bond acceptors (Lipinski definition) is 4. The number of amides is 2. The standard InChI is InChI=1S/C23H37FN4O2/c1-16-6-5-9-27(13-16)17(2)11-25-23(29)26-12-20-7-8-22(21(24)10-20)28-14-18(3)30-19(4)15-28/h7-8,10,16-19H,5-6,9,11-15H2,1-4H3,(H2,25,26,29). The van der Waals surface area contributed by atoms with Gasteiger partial charge in [0, 0.05) is 38.8 Å². The lowest BCUT2D eigenvalue weighted by atomic mass is 9.99. The molecule has 2 saturated heterocycles. The van der Waals surface area contributed by atoms with Crippen molar-refractivity contribution >= 4 is 11.7 Å². The van der Waals surface area contributed by atoms with Crippen molar-refractivity contribution in [3.63, 3.8) is 0 Å². The van der Waals surface area contributed by atoms with Crippen LogP contribution in [0.1, 0.15) is 46.1 Å². The van der Waals surface area contributed by atoms with Crippen molar-refractivity contribution in [2.24, 2.45) is 5.92 Å². The first-order chi connectivity index (χ1) is 14.3. The summed E-state index contributed by atoms with van der Waals surface area (Å²) in [6, 6.07) is 5.29. The van der Waals surface area contributed by atoms with Gasteiger partial charge in [-0.2, -0.15) is 0 Å². The quantitative estimate of drug-likeness (QED) is 0.741. The van der Waals surface area contributed by atoms with Crippen LogP contribution in [-0.4, -0.2) is 61.9 Å². The summed E-state index contributed by atoms with van der Waals surface area (Å²) in [4.78, 5) is 16.7. The molecule has 3 rings (SSSR count). The van der Waals surface area contributed by atoms with E-state index in [1.165, 1.54) is 18.9 Å². The molecule has 2 aliphatic rings. The van der Waals surface area contributed by atoms with Gasteiger partial charge in [0.05, 0.1) is 17.9 Å². The molecule has 0 saturated carbocycles. The van der Waals surface area contributed by atoms with E-state index in [1.54, 1.807) is 6.07 Å². The van der Waals surface area contributed by atoms with Crippen LogP contribution in [0.4, 0.5) is 14.9 Å². The zero-order valence-corrected chi connectivity index (χ0v) is 18.8. The van der Waals surface area contributed by atoms with Gasteiger partial charge in [-0.3, -0.25) is 4.90 Å². The summed E-state index contributed by atoms with van der Waals surface area (Å²) in [5.41, 5.74) is 1.34. The number of nitrogens with zero attached hydrogens (tertiary/aromatic N) is 2. The van der Waals surface area contributed by atoms with Crippen LogP contribution in [0.2, 0.25) is 0 Å². The molecule has 1 aromatic carbocycles. The topological polar surface area (TPSA) is 56.8 Å². The molecule has 168 valence electrons. The van der Waals surface area contributed by atoms with E-state index in [-0.39, 0.29) is 24.1 Å². The smallest absolute Gasteiger partial charge is 0.315 e. The lowest BCUT2D eigenvalue weighted by Gasteiger charge is -2.37. The molecule has 30 heavy (non-hydrogen) atoms. The van der Waals surface area contributed by atoms with E-state index < -0.39 is 0 Å². The molecule has 0 spiro atoms. The fourth-order valence-electron chi connectivity index (χ4n) is 4.53. The molecule has 2 fully saturated rings. The highest BCUT2D eigenvalue weighted by Gasteiger charge is 2.24. The van der Waals surface area contributed by atoms with Crippen LogP contribution >= 0.6 is 0 Å². The van der Waals surface area contributed by atoms with Gasteiger partial charge in [-0.25, -0.2) is 9.18 Å². The first-order valence-corrected chi connectivity index (χ1v) is 11.3. The van der Waals surface area contributed by atoms with Crippen LogP contribution in [0.15, 0.2) is 18.2 Å². The van der Waals surface area contributed by atoms with Crippen LogP contribution in [0.5, 0.6) is 0 Å². The molecular weight excluding hydrogens is 383 g/mol. The SMILES string of the molecule is CC1CCCN(C(C)CNC(=O)NCc2ccc(N3CC(C)OC(C)C3)c(F)c2)C1. The zero-order valence-electron chi connectivity index (χ0n) is 18.8. The molecule has 1 aromatic rings. The highest BCUT2D eigenvalue weighted by Crippen LogP contribution is 2.24. The second kappa shape index (κ2) is 10.4. The number of likely N-dealkylation sites (tertiary alicyclic amines) is 1. The Morgan fingerprint density at radius 3 is 2.60 bits per heavy atom. The number of piperidine rings is 1. The average Bonchev–Trinajstić information content (AvgIpc) is 2.69. The largest absolute Gasteiger partial charge is 0.372 e. The van der Waals surface area contributed by atoms with E-state index >= 15 is 0 Å². The van der Waals surface area contributed by atoms with Gasteiger partial charge < -0.3 is 20.3 Å². The number of nitrogens with one attached hydrogen (secondary N) is 2. The highest BCUT2D eigenvalue weighted by atomic mass is 19.1. The van der Waals surface area contributed by atoms with E-state index in [4.69, 9.17) is 4.74 Å². The van der Waals surface area contributed by atoms with E-state index in [0.29, 0.717) is 37.9 Å². The molecule has 0 bridgehead atoms. The maximum Gasteiger partial charge on any atom is 0.315 e. The fourth-order valence-corrected chi connectivity index (χ4v) is 4.53. The highest BCUT2D eigenvalue weighted by molar-refractivity contribution is 5.73. The number of halogens is 1. The Labute approximate surface area is 180 Å². The van der Waals surface area contributed by atoms with Crippen LogP contribution in [-0.2, 0) is 11.3 Å². The maximum atomic E-state index is 14.7. The van der Waals surface area contributed by atoms with Gasteiger partial charge in [0.25, 0.3) is 0 Å². The molecule has 4 unspecified atom stereocenters. The number of rotatable bonds is 6. The molecule has 0 aliphatic carbocycles. The number of morpholine rings is 1. The Morgan fingerprint density at radius 1 is 1.20 bits per heavy atom. The van der Waals surface area contributed by atoms with Gasteiger partial charge >= 0.3 is 6.03 Å². The molecule has 6 nitrogen and oxygen atoms in total. The van der Waals surface area contributed by atoms with Gasteiger partial charge in [-0.05, 0) is 63.8 Å². The first-order valence-electron chi connectivity index (χ1n) is 11.3. The minimum atomic E-state index is -0.260. The van der Waals surface area contributed by atoms with Crippen LogP contribution in [0.3, 0.4) is 0 Å². The van der Waals surface area contributed by atoms with Crippen molar-refractivity contribution in [3.05, 3.63) is 29.6 Å². The Bertz CT molecular complexity index is 706. The Morgan fingerprint density at radius 2 is 1.93 bits per heavy atom. The summed E-state index contributed by atoms with van der Waals surface area (Å²) in [5, 5.41) is 5.78. The summed E-state index contributed by atoms with van der Waals surface area (Å²) in [7, 11) is 0.